The number of nitrogens with two attached hydrogens (primary N) is 1. The van der Waals surface area contributed by atoms with Gasteiger partial charge in [0.2, 0.25) is 5.91 Å². The van der Waals surface area contributed by atoms with Gasteiger partial charge in [-0.15, -0.1) is 0 Å². The van der Waals surface area contributed by atoms with Crippen LogP contribution in [0.15, 0.2) is 24.7 Å². The van der Waals surface area contributed by atoms with E-state index in [1.54, 1.807) is 12.3 Å². The van der Waals surface area contributed by atoms with Gasteiger partial charge in [0.1, 0.15) is 5.65 Å². The molecule has 0 saturated heterocycles. The molecule has 0 radical (unpaired) electrons. The fraction of sp³-hybridized carbons (Fsp3) is 0.400. The summed E-state index contributed by atoms with van der Waals surface area (Å²) in [6.07, 6.45) is 7.23. The molecule has 4 rings (SSSR count). The minimum absolute atomic E-state index is 0.0634. The molecule has 3 aromatic heterocycles. The van der Waals surface area contributed by atoms with E-state index < -0.39 is 17.3 Å². The molecule has 0 aliphatic heterocycles. The highest BCUT2D eigenvalue weighted by Crippen LogP contribution is 2.34. The number of aromatic nitrogens is 4. The number of anilines is 1. The number of carbonyl (C=O) groups is 1. The standard InChI is InChI=1S/C20H22ClFN6O2/c21-11-6-13-14(9-25-17(13)24-8-11)18-26-10-15(22)19(28-18)27-12-2-1-4-20(30,7-12)5-3-16(23)29/h6,8-10,12,30H,1-5,7H2,(H2,23,29)(H,24,25)(H,26,27,28)/t12-,20-/m0/s1. The number of rotatable bonds is 6. The molecule has 10 heteroatoms. The quantitative estimate of drug-likeness (QED) is 0.473. The molecule has 1 amide bonds. The summed E-state index contributed by atoms with van der Waals surface area (Å²) in [4.78, 5) is 26.8. The zero-order valence-corrected chi connectivity index (χ0v) is 16.9. The van der Waals surface area contributed by atoms with Crippen LogP contribution >= 0.6 is 11.6 Å². The molecule has 3 heterocycles. The van der Waals surface area contributed by atoms with E-state index in [0.717, 1.165) is 24.4 Å². The maximum atomic E-state index is 14.4. The third-order valence-corrected chi connectivity index (χ3v) is 5.69. The van der Waals surface area contributed by atoms with Crippen molar-refractivity contribution in [1.29, 1.82) is 0 Å². The molecule has 0 spiro atoms. The Hall–Kier alpha value is -2.78. The number of amides is 1. The van der Waals surface area contributed by atoms with Crippen molar-refractivity contribution in [3.8, 4) is 11.4 Å². The number of primary amides is 1. The zero-order valence-electron chi connectivity index (χ0n) is 16.2. The number of nitrogens with zero attached hydrogens (tertiary/aromatic N) is 3. The van der Waals surface area contributed by atoms with Crippen molar-refractivity contribution in [3.05, 3.63) is 35.5 Å². The first-order valence-corrected chi connectivity index (χ1v) is 10.1. The molecular formula is C20H22ClFN6O2. The zero-order chi connectivity index (χ0) is 21.3. The summed E-state index contributed by atoms with van der Waals surface area (Å²) >= 11 is 6.05. The van der Waals surface area contributed by atoms with Crippen molar-refractivity contribution in [3.63, 3.8) is 0 Å². The van der Waals surface area contributed by atoms with E-state index in [0.29, 0.717) is 41.3 Å². The van der Waals surface area contributed by atoms with Gasteiger partial charge in [0.25, 0.3) is 0 Å². The number of halogens is 2. The number of aromatic amines is 1. The van der Waals surface area contributed by atoms with Crippen LogP contribution in [-0.2, 0) is 4.79 Å². The van der Waals surface area contributed by atoms with Crippen LogP contribution in [0, 0.1) is 5.82 Å². The maximum absolute atomic E-state index is 14.4. The lowest BCUT2D eigenvalue weighted by atomic mass is 9.79. The molecule has 1 aliphatic carbocycles. The number of fused-ring (bicyclic) bond motifs is 1. The SMILES string of the molecule is NC(=O)CC[C@@]1(O)CCC[C@H](Nc2nc(-c3c[nH]c4ncc(Cl)cc34)ncc2F)C1. The number of aliphatic hydroxyl groups is 1. The molecule has 1 fully saturated rings. The summed E-state index contributed by atoms with van der Waals surface area (Å²) in [5.41, 5.74) is 5.49. The summed E-state index contributed by atoms with van der Waals surface area (Å²) in [5, 5.41) is 15.1. The van der Waals surface area contributed by atoms with Crippen LogP contribution in [0.3, 0.4) is 0 Å². The Labute approximate surface area is 177 Å². The van der Waals surface area contributed by atoms with E-state index in [9.17, 15) is 14.3 Å². The van der Waals surface area contributed by atoms with Gasteiger partial charge in [-0.25, -0.2) is 19.3 Å². The number of carbonyl (C=O) groups excluding carboxylic acids is 1. The lowest BCUT2D eigenvalue weighted by molar-refractivity contribution is -0.119. The highest BCUT2D eigenvalue weighted by Gasteiger charge is 2.34. The number of hydrogen-bond acceptors (Lipinski definition) is 6. The second kappa shape index (κ2) is 8.16. The first kappa shape index (κ1) is 20.5. The van der Waals surface area contributed by atoms with Crippen molar-refractivity contribution >= 4 is 34.4 Å². The summed E-state index contributed by atoms with van der Waals surface area (Å²) in [6.45, 7) is 0. The average molecular weight is 433 g/mol. The lowest BCUT2D eigenvalue weighted by Gasteiger charge is -2.37. The predicted octanol–water partition coefficient (Wildman–Crippen LogP) is 3.16. The largest absolute Gasteiger partial charge is 0.390 e. The Kier molecular flexibility index (Phi) is 5.57. The second-order valence-electron chi connectivity index (χ2n) is 7.77. The highest BCUT2D eigenvalue weighted by atomic mass is 35.5. The first-order chi connectivity index (χ1) is 14.3. The normalized spacial score (nSPS) is 21.6. The third kappa shape index (κ3) is 4.36. The van der Waals surface area contributed by atoms with Gasteiger partial charge >= 0.3 is 0 Å². The van der Waals surface area contributed by atoms with Crippen LogP contribution < -0.4 is 11.1 Å². The monoisotopic (exact) mass is 432 g/mol. The van der Waals surface area contributed by atoms with Gasteiger partial charge in [-0.2, -0.15) is 0 Å². The van der Waals surface area contributed by atoms with E-state index in [1.807, 2.05) is 0 Å². The first-order valence-electron chi connectivity index (χ1n) is 9.76. The van der Waals surface area contributed by atoms with E-state index in [4.69, 9.17) is 17.3 Å². The number of nitrogens with one attached hydrogen (secondary N) is 2. The smallest absolute Gasteiger partial charge is 0.217 e. The molecule has 0 unspecified atom stereocenters. The minimum Gasteiger partial charge on any atom is -0.390 e. The molecule has 30 heavy (non-hydrogen) atoms. The van der Waals surface area contributed by atoms with Crippen molar-refractivity contribution in [2.45, 2.75) is 50.2 Å². The van der Waals surface area contributed by atoms with Crippen molar-refractivity contribution in [2.75, 3.05) is 5.32 Å². The molecule has 0 aromatic carbocycles. The predicted molar refractivity (Wildman–Crippen MR) is 111 cm³/mol. The fourth-order valence-corrected chi connectivity index (χ4v) is 4.16. The Morgan fingerprint density at radius 2 is 2.27 bits per heavy atom. The fourth-order valence-electron chi connectivity index (χ4n) is 4.00. The molecule has 158 valence electrons. The number of H-pyrrole nitrogens is 1. The van der Waals surface area contributed by atoms with Crippen LogP contribution in [0.2, 0.25) is 5.02 Å². The van der Waals surface area contributed by atoms with Crippen LogP contribution in [-0.4, -0.2) is 42.6 Å². The van der Waals surface area contributed by atoms with Crippen LogP contribution in [0.4, 0.5) is 10.2 Å². The molecule has 5 N–H and O–H groups in total. The van der Waals surface area contributed by atoms with Gasteiger partial charge in [-0.3, -0.25) is 4.79 Å². The van der Waals surface area contributed by atoms with Gasteiger partial charge in [-0.05, 0) is 38.2 Å². The average Bonchev–Trinajstić information content (AvgIpc) is 3.11. The van der Waals surface area contributed by atoms with Crippen molar-refractivity contribution < 1.29 is 14.3 Å². The molecular weight excluding hydrogens is 411 g/mol. The van der Waals surface area contributed by atoms with Gasteiger partial charge < -0.3 is 21.1 Å². The highest BCUT2D eigenvalue weighted by molar-refractivity contribution is 6.31. The molecule has 2 atom stereocenters. The van der Waals surface area contributed by atoms with Crippen LogP contribution in [0.25, 0.3) is 22.4 Å². The summed E-state index contributed by atoms with van der Waals surface area (Å²) in [5.74, 6) is -0.637. The van der Waals surface area contributed by atoms with E-state index in [1.165, 1.54) is 6.20 Å². The van der Waals surface area contributed by atoms with Gasteiger partial charge in [0.05, 0.1) is 16.8 Å². The maximum Gasteiger partial charge on any atom is 0.217 e. The van der Waals surface area contributed by atoms with Crippen LogP contribution in [0.5, 0.6) is 0 Å². The Balaban J connectivity index is 1.56. The number of pyridine rings is 1. The Morgan fingerprint density at radius 1 is 1.43 bits per heavy atom. The lowest BCUT2D eigenvalue weighted by Crippen LogP contribution is -2.41. The van der Waals surface area contributed by atoms with Crippen LogP contribution in [0.1, 0.15) is 38.5 Å². The summed E-state index contributed by atoms with van der Waals surface area (Å²) in [6, 6.07) is 1.56. The number of hydrogen-bond donors (Lipinski definition) is 4. The van der Waals surface area contributed by atoms with E-state index >= 15 is 0 Å². The third-order valence-electron chi connectivity index (χ3n) is 5.48. The molecule has 1 saturated carbocycles. The van der Waals surface area contributed by atoms with Crippen molar-refractivity contribution in [2.24, 2.45) is 5.73 Å². The Bertz CT molecular complexity index is 1090. The van der Waals surface area contributed by atoms with Gasteiger partial charge in [0.15, 0.2) is 17.5 Å². The van der Waals surface area contributed by atoms with E-state index in [-0.39, 0.29) is 18.3 Å². The molecule has 8 nitrogen and oxygen atoms in total. The molecule has 1 aliphatic rings. The second-order valence-corrected chi connectivity index (χ2v) is 8.21. The summed E-state index contributed by atoms with van der Waals surface area (Å²) in [7, 11) is 0. The Morgan fingerprint density at radius 3 is 3.07 bits per heavy atom. The van der Waals surface area contributed by atoms with Gasteiger partial charge in [0, 0.05) is 35.8 Å². The minimum atomic E-state index is -1.00. The summed E-state index contributed by atoms with van der Waals surface area (Å²) < 4.78 is 14.4. The molecule has 0 bridgehead atoms. The molecule has 3 aromatic rings. The van der Waals surface area contributed by atoms with E-state index in [2.05, 4.69) is 25.3 Å². The van der Waals surface area contributed by atoms with Crippen molar-refractivity contribution in [1.82, 2.24) is 19.9 Å². The topological polar surface area (TPSA) is 130 Å². The van der Waals surface area contributed by atoms with Gasteiger partial charge in [-0.1, -0.05) is 11.6 Å².